The second-order valence-electron chi connectivity index (χ2n) is 4.45. The molecule has 3 rings (SSSR count). The van der Waals surface area contributed by atoms with Gasteiger partial charge in [-0.15, -0.1) is 0 Å². The topological polar surface area (TPSA) is 53.5 Å². The predicted molar refractivity (Wildman–Crippen MR) is 60.8 cm³/mol. The summed E-state index contributed by atoms with van der Waals surface area (Å²) in [6.45, 7) is 0. The molecule has 18 heavy (non-hydrogen) atoms. The minimum Gasteiger partial charge on any atom is -0.353 e. The lowest BCUT2D eigenvalue weighted by atomic mass is 10.1. The van der Waals surface area contributed by atoms with Crippen molar-refractivity contribution in [1.29, 1.82) is 0 Å². The van der Waals surface area contributed by atoms with Crippen LogP contribution in [0.2, 0.25) is 0 Å². The van der Waals surface area contributed by atoms with Crippen molar-refractivity contribution in [3.8, 4) is 0 Å². The summed E-state index contributed by atoms with van der Waals surface area (Å²) >= 11 is 0. The van der Waals surface area contributed by atoms with Gasteiger partial charge in [-0.1, -0.05) is 0 Å². The molecule has 1 aromatic rings. The third-order valence-electron chi connectivity index (χ3n) is 2.92. The van der Waals surface area contributed by atoms with Gasteiger partial charge in [0.2, 0.25) is 0 Å². The minimum absolute atomic E-state index is 0.0416. The van der Waals surface area contributed by atoms with Gasteiger partial charge in [-0.25, -0.2) is 13.8 Å². The monoisotopic (exact) mass is 251 g/mol. The van der Waals surface area contributed by atoms with E-state index < -0.39 is 23.6 Å². The molecule has 1 aliphatic carbocycles. The molecule has 0 saturated heterocycles. The molecule has 0 spiro atoms. The van der Waals surface area contributed by atoms with Gasteiger partial charge in [-0.3, -0.25) is 10.1 Å². The van der Waals surface area contributed by atoms with Crippen LogP contribution in [0.15, 0.2) is 23.2 Å². The number of rotatable bonds is 2. The van der Waals surface area contributed by atoms with E-state index in [9.17, 15) is 13.6 Å². The Bertz CT molecular complexity index is 540. The number of nitrogens with zero attached hydrogens (tertiary/aromatic N) is 1. The highest BCUT2D eigenvalue weighted by atomic mass is 19.1. The fourth-order valence-corrected chi connectivity index (χ4v) is 1.83. The van der Waals surface area contributed by atoms with Crippen LogP contribution in [0.5, 0.6) is 0 Å². The van der Waals surface area contributed by atoms with Crippen LogP contribution < -0.4 is 10.6 Å². The van der Waals surface area contributed by atoms with E-state index in [1.807, 2.05) is 0 Å². The number of halogens is 2. The largest absolute Gasteiger partial charge is 0.353 e. The van der Waals surface area contributed by atoms with Gasteiger partial charge in [0.05, 0.1) is 0 Å². The number of carbonyl (C=O) groups is 1. The molecule has 4 nitrogen and oxygen atoms in total. The smallest absolute Gasteiger partial charge is 0.256 e. The number of aliphatic imine (C=N–C) groups is 1. The van der Waals surface area contributed by atoms with E-state index in [0.29, 0.717) is 12.0 Å². The van der Waals surface area contributed by atoms with Crippen LogP contribution in [0.3, 0.4) is 0 Å². The molecule has 1 aliphatic heterocycles. The number of hydrogen-bond donors (Lipinski definition) is 2. The average Bonchev–Trinajstić information content (AvgIpc) is 3.06. The first kappa shape index (κ1) is 11.1. The molecule has 1 aromatic carbocycles. The van der Waals surface area contributed by atoms with Crippen LogP contribution in [0.1, 0.15) is 24.4 Å². The maximum atomic E-state index is 13.6. The van der Waals surface area contributed by atoms with Crippen molar-refractivity contribution in [3.63, 3.8) is 0 Å². The Morgan fingerprint density at radius 3 is 2.83 bits per heavy atom. The molecule has 1 amide bonds. The van der Waals surface area contributed by atoms with Gasteiger partial charge in [0.1, 0.15) is 11.6 Å². The maximum absolute atomic E-state index is 13.6. The van der Waals surface area contributed by atoms with Gasteiger partial charge in [0.15, 0.2) is 12.0 Å². The lowest BCUT2D eigenvalue weighted by molar-refractivity contribution is -0.120. The van der Waals surface area contributed by atoms with Crippen molar-refractivity contribution in [2.75, 3.05) is 0 Å². The Morgan fingerprint density at radius 2 is 2.11 bits per heavy atom. The highest BCUT2D eigenvalue weighted by molar-refractivity contribution is 6.05. The molecule has 6 heteroatoms. The molecule has 1 saturated carbocycles. The van der Waals surface area contributed by atoms with E-state index in [1.165, 1.54) is 0 Å². The summed E-state index contributed by atoms with van der Waals surface area (Å²) in [5.41, 5.74) is -0.0416. The maximum Gasteiger partial charge on any atom is 0.256 e. The second kappa shape index (κ2) is 4.04. The van der Waals surface area contributed by atoms with E-state index in [4.69, 9.17) is 0 Å². The van der Waals surface area contributed by atoms with E-state index >= 15 is 0 Å². The first-order chi connectivity index (χ1) is 8.63. The number of nitrogens with one attached hydrogen (secondary N) is 2. The fourth-order valence-electron chi connectivity index (χ4n) is 1.83. The molecule has 2 aliphatic rings. The molecule has 94 valence electrons. The summed E-state index contributed by atoms with van der Waals surface area (Å²) in [5.74, 6) is -1.32. The molecular formula is C12H11F2N3O. The Balaban J connectivity index is 1.88. The third kappa shape index (κ3) is 2.05. The van der Waals surface area contributed by atoms with Gasteiger partial charge in [-0.2, -0.15) is 0 Å². The molecule has 0 radical (unpaired) electrons. The Morgan fingerprint density at radius 1 is 1.33 bits per heavy atom. The van der Waals surface area contributed by atoms with Crippen LogP contribution >= 0.6 is 0 Å². The number of amides is 1. The van der Waals surface area contributed by atoms with E-state index in [-0.39, 0.29) is 5.56 Å². The van der Waals surface area contributed by atoms with Crippen molar-refractivity contribution in [2.24, 2.45) is 4.99 Å². The van der Waals surface area contributed by atoms with Crippen molar-refractivity contribution in [2.45, 2.75) is 24.9 Å². The summed E-state index contributed by atoms with van der Waals surface area (Å²) in [6.07, 6.45) is 2.07. The van der Waals surface area contributed by atoms with Crippen LogP contribution in [0, 0.1) is 11.6 Å². The highest BCUT2D eigenvalue weighted by Gasteiger charge is 2.32. The number of benzene rings is 1. The van der Waals surface area contributed by atoms with Gasteiger partial charge in [-0.05, 0) is 31.0 Å². The lowest BCUT2D eigenvalue weighted by Crippen LogP contribution is -2.37. The summed E-state index contributed by atoms with van der Waals surface area (Å²) in [5, 5.41) is 5.55. The average molecular weight is 251 g/mol. The molecule has 0 aromatic heterocycles. The normalized spacial score (nSPS) is 22.7. The SMILES string of the molecule is O=C1NC(NC2CC2)=NC1c1cc(F)ccc1F. The number of guanidine groups is 1. The third-order valence-corrected chi connectivity index (χ3v) is 2.92. The van der Waals surface area contributed by atoms with E-state index in [2.05, 4.69) is 15.6 Å². The fraction of sp³-hybridized carbons (Fsp3) is 0.333. The molecule has 1 heterocycles. The molecule has 1 unspecified atom stereocenters. The van der Waals surface area contributed by atoms with Gasteiger partial charge < -0.3 is 5.32 Å². The first-order valence-corrected chi connectivity index (χ1v) is 5.73. The van der Waals surface area contributed by atoms with Gasteiger partial charge >= 0.3 is 0 Å². The standard InChI is InChI=1S/C12H11F2N3O/c13-6-1-4-9(14)8(5-6)10-11(18)17-12(16-10)15-7-2-3-7/h1,4-5,7,10H,2-3H2,(H2,15,16,17,18). The molecule has 1 atom stereocenters. The molecular weight excluding hydrogens is 240 g/mol. The van der Waals surface area contributed by atoms with Crippen LogP contribution in [-0.2, 0) is 4.79 Å². The Kier molecular flexibility index (Phi) is 2.50. The summed E-state index contributed by atoms with van der Waals surface area (Å²) in [7, 11) is 0. The zero-order chi connectivity index (χ0) is 12.7. The highest BCUT2D eigenvalue weighted by Crippen LogP contribution is 2.26. The number of hydrogen-bond acceptors (Lipinski definition) is 3. The zero-order valence-electron chi connectivity index (χ0n) is 9.41. The van der Waals surface area contributed by atoms with Gasteiger partial charge in [0.25, 0.3) is 5.91 Å². The molecule has 1 fully saturated rings. The van der Waals surface area contributed by atoms with E-state index in [1.54, 1.807) is 0 Å². The van der Waals surface area contributed by atoms with Crippen LogP contribution in [-0.4, -0.2) is 17.9 Å². The summed E-state index contributed by atoms with van der Waals surface area (Å²) in [4.78, 5) is 15.8. The Hall–Kier alpha value is -1.98. The van der Waals surface area contributed by atoms with Crippen molar-refractivity contribution >= 4 is 11.9 Å². The van der Waals surface area contributed by atoms with E-state index in [0.717, 1.165) is 31.0 Å². The summed E-state index contributed by atoms with van der Waals surface area (Å²) in [6, 6.07) is 2.34. The van der Waals surface area contributed by atoms with Crippen molar-refractivity contribution in [1.82, 2.24) is 10.6 Å². The first-order valence-electron chi connectivity index (χ1n) is 5.73. The zero-order valence-corrected chi connectivity index (χ0v) is 9.41. The van der Waals surface area contributed by atoms with Crippen LogP contribution in [0.4, 0.5) is 8.78 Å². The lowest BCUT2D eigenvalue weighted by Gasteiger charge is -2.05. The quantitative estimate of drug-likeness (QED) is 0.831. The van der Waals surface area contributed by atoms with Crippen molar-refractivity contribution < 1.29 is 13.6 Å². The predicted octanol–water partition coefficient (Wildman–Crippen LogP) is 1.24. The molecule has 2 N–H and O–H groups in total. The van der Waals surface area contributed by atoms with Crippen LogP contribution in [0.25, 0.3) is 0 Å². The summed E-state index contributed by atoms with van der Waals surface area (Å²) < 4.78 is 26.6. The second-order valence-corrected chi connectivity index (χ2v) is 4.45. The number of carbonyl (C=O) groups excluding carboxylic acids is 1. The van der Waals surface area contributed by atoms with Crippen molar-refractivity contribution in [3.05, 3.63) is 35.4 Å². The van der Waals surface area contributed by atoms with Gasteiger partial charge in [0, 0.05) is 11.6 Å². The Labute approximate surface area is 102 Å². The minimum atomic E-state index is -1.01. The molecule has 0 bridgehead atoms.